The zero-order valence-corrected chi connectivity index (χ0v) is 12.0. The summed E-state index contributed by atoms with van der Waals surface area (Å²) in [6, 6.07) is 4.36. The van der Waals surface area contributed by atoms with Crippen LogP contribution in [0.1, 0.15) is 23.2 Å². The number of rotatable bonds is 2. The lowest BCUT2D eigenvalue weighted by molar-refractivity contribution is -0.176. The van der Waals surface area contributed by atoms with Crippen LogP contribution in [0.3, 0.4) is 0 Å². The highest BCUT2D eigenvalue weighted by Gasteiger charge is 2.42. The zero-order valence-electron chi connectivity index (χ0n) is 10.5. The van der Waals surface area contributed by atoms with E-state index in [0.717, 1.165) is 0 Å². The maximum Gasteiger partial charge on any atom is 0.393 e. The van der Waals surface area contributed by atoms with Gasteiger partial charge in [0.25, 0.3) is 0 Å². The van der Waals surface area contributed by atoms with Crippen LogP contribution in [0.2, 0.25) is 0 Å². The van der Waals surface area contributed by atoms with E-state index in [1.54, 1.807) is 11.0 Å². The molecule has 1 aliphatic heterocycles. The summed E-state index contributed by atoms with van der Waals surface area (Å²) < 4.78 is 38.9. The van der Waals surface area contributed by atoms with Gasteiger partial charge in [0.15, 0.2) is 0 Å². The number of anilines is 1. The van der Waals surface area contributed by atoms with Crippen molar-refractivity contribution in [3.8, 4) is 0 Å². The van der Waals surface area contributed by atoms with Crippen LogP contribution in [-0.4, -0.2) is 30.3 Å². The molecule has 0 saturated carbocycles. The van der Waals surface area contributed by atoms with Crippen LogP contribution in [0.5, 0.6) is 0 Å². The average Bonchev–Trinajstić information content (AvgIpc) is 2.37. The molecule has 3 nitrogen and oxygen atoms in total. The van der Waals surface area contributed by atoms with E-state index in [-0.39, 0.29) is 18.5 Å². The molecule has 1 N–H and O–H groups in total. The number of carbonyl (C=O) groups is 1. The first-order chi connectivity index (χ1) is 9.29. The third-order valence-corrected chi connectivity index (χ3v) is 4.05. The minimum atomic E-state index is -4.19. The van der Waals surface area contributed by atoms with Crippen LogP contribution in [0.4, 0.5) is 18.9 Å². The van der Waals surface area contributed by atoms with Crippen LogP contribution in [0.25, 0.3) is 0 Å². The molecule has 1 fully saturated rings. The minimum absolute atomic E-state index is 0.0888. The van der Waals surface area contributed by atoms with E-state index in [9.17, 15) is 18.0 Å². The standard InChI is InChI=1S/C13H13BrF3NO2/c14-10-6-8(12(19)20)3-4-11(10)18-5-1-2-9(7-18)13(15,16)17/h3-4,6,9H,1-2,5,7H2,(H,19,20). The SMILES string of the molecule is O=C(O)c1ccc(N2CCCC(C(F)(F)F)C2)c(Br)c1. The van der Waals surface area contributed by atoms with Gasteiger partial charge in [-0.05, 0) is 47.0 Å². The monoisotopic (exact) mass is 351 g/mol. The second kappa shape index (κ2) is 5.63. The van der Waals surface area contributed by atoms with E-state index in [1.807, 2.05) is 0 Å². The molecule has 1 aliphatic rings. The Hall–Kier alpha value is -1.24. The maximum atomic E-state index is 12.8. The number of piperidine rings is 1. The summed E-state index contributed by atoms with van der Waals surface area (Å²) in [5.74, 6) is -2.40. The van der Waals surface area contributed by atoms with Gasteiger partial charge < -0.3 is 10.0 Å². The number of alkyl halides is 3. The van der Waals surface area contributed by atoms with Crippen molar-refractivity contribution < 1.29 is 23.1 Å². The Morgan fingerprint density at radius 3 is 2.65 bits per heavy atom. The number of carboxylic acids is 1. The highest BCUT2D eigenvalue weighted by Crippen LogP contribution is 2.37. The van der Waals surface area contributed by atoms with Crippen molar-refractivity contribution in [2.75, 3.05) is 18.0 Å². The number of aromatic carboxylic acids is 1. The lowest BCUT2D eigenvalue weighted by atomic mass is 9.97. The number of nitrogens with zero attached hydrogens (tertiary/aromatic N) is 1. The molecule has 1 atom stereocenters. The zero-order chi connectivity index (χ0) is 14.9. The van der Waals surface area contributed by atoms with Crippen molar-refractivity contribution in [2.45, 2.75) is 19.0 Å². The number of carboxylic acid groups (broad SMARTS) is 1. The highest BCUT2D eigenvalue weighted by atomic mass is 79.9. The van der Waals surface area contributed by atoms with Crippen LogP contribution in [0, 0.1) is 5.92 Å². The Labute approximate surface area is 122 Å². The normalized spacial score (nSPS) is 20.0. The van der Waals surface area contributed by atoms with Crippen molar-refractivity contribution >= 4 is 27.6 Å². The fourth-order valence-corrected chi connectivity index (χ4v) is 2.99. The van der Waals surface area contributed by atoms with Crippen molar-refractivity contribution in [1.82, 2.24) is 0 Å². The topological polar surface area (TPSA) is 40.5 Å². The van der Waals surface area contributed by atoms with Crippen molar-refractivity contribution in [3.05, 3.63) is 28.2 Å². The Bertz CT molecular complexity index is 519. The number of hydrogen-bond acceptors (Lipinski definition) is 2. The summed E-state index contributed by atoms with van der Waals surface area (Å²) in [7, 11) is 0. The van der Waals surface area contributed by atoms with E-state index in [0.29, 0.717) is 23.1 Å². The molecule has 0 bridgehead atoms. The van der Waals surface area contributed by atoms with Gasteiger partial charge in [0.2, 0.25) is 0 Å². The fourth-order valence-electron chi connectivity index (χ4n) is 2.36. The van der Waals surface area contributed by atoms with Crippen molar-refractivity contribution in [2.24, 2.45) is 5.92 Å². The predicted molar refractivity (Wildman–Crippen MR) is 72.1 cm³/mol. The van der Waals surface area contributed by atoms with Crippen molar-refractivity contribution in [1.29, 1.82) is 0 Å². The Morgan fingerprint density at radius 2 is 2.10 bits per heavy atom. The Morgan fingerprint density at radius 1 is 1.40 bits per heavy atom. The molecule has 20 heavy (non-hydrogen) atoms. The van der Waals surface area contributed by atoms with E-state index >= 15 is 0 Å². The van der Waals surface area contributed by atoms with Gasteiger partial charge in [-0.25, -0.2) is 4.79 Å². The van der Waals surface area contributed by atoms with Gasteiger partial charge >= 0.3 is 12.1 Å². The fraction of sp³-hybridized carbons (Fsp3) is 0.462. The smallest absolute Gasteiger partial charge is 0.393 e. The van der Waals surface area contributed by atoms with E-state index in [4.69, 9.17) is 5.11 Å². The molecule has 1 heterocycles. The van der Waals surface area contributed by atoms with E-state index in [1.165, 1.54) is 12.1 Å². The third-order valence-electron chi connectivity index (χ3n) is 3.42. The summed E-state index contributed by atoms with van der Waals surface area (Å²) in [4.78, 5) is 12.5. The molecule has 0 aromatic heterocycles. The van der Waals surface area contributed by atoms with Gasteiger partial charge in [-0.15, -0.1) is 0 Å². The largest absolute Gasteiger partial charge is 0.478 e. The molecule has 7 heteroatoms. The molecule has 110 valence electrons. The molecule has 0 radical (unpaired) electrons. The Kier molecular flexibility index (Phi) is 4.27. The molecule has 1 aromatic carbocycles. The number of hydrogen-bond donors (Lipinski definition) is 1. The van der Waals surface area contributed by atoms with Crippen LogP contribution in [0.15, 0.2) is 22.7 Å². The molecule has 1 aromatic rings. The van der Waals surface area contributed by atoms with E-state index < -0.39 is 18.1 Å². The summed E-state index contributed by atoms with van der Waals surface area (Å²) >= 11 is 3.24. The highest BCUT2D eigenvalue weighted by molar-refractivity contribution is 9.10. The van der Waals surface area contributed by atoms with Gasteiger partial charge in [0.05, 0.1) is 17.2 Å². The molecule has 1 saturated heterocycles. The van der Waals surface area contributed by atoms with Crippen molar-refractivity contribution in [3.63, 3.8) is 0 Å². The molecule has 0 aliphatic carbocycles. The average molecular weight is 352 g/mol. The third kappa shape index (κ3) is 3.26. The first kappa shape index (κ1) is 15.2. The number of benzene rings is 1. The van der Waals surface area contributed by atoms with Gasteiger partial charge in [-0.3, -0.25) is 0 Å². The predicted octanol–water partition coefficient (Wildman–Crippen LogP) is 3.93. The second-order valence-corrected chi connectivity index (χ2v) is 5.65. The van der Waals surface area contributed by atoms with Crippen LogP contribution >= 0.6 is 15.9 Å². The van der Waals surface area contributed by atoms with Crippen LogP contribution < -0.4 is 4.90 Å². The first-order valence-electron chi connectivity index (χ1n) is 6.13. The van der Waals surface area contributed by atoms with Gasteiger partial charge in [0, 0.05) is 17.6 Å². The second-order valence-electron chi connectivity index (χ2n) is 4.80. The van der Waals surface area contributed by atoms with Gasteiger partial charge in [0.1, 0.15) is 0 Å². The van der Waals surface area contributed by atoms with Gasteiger partial charge in [-0.1, -0.05) is 0 Å². The molecule has 0 spiro atoms. The summed E-state index contributed by atoms with van der Waals surface area (Å²) in [6.07, 6.45) is -3.58. The lowest BCUT2D eigenvalue weighted by Gasteiger charge is -2.35. The van der Waals surface area contributed by atoms with Crippen LogP contribution in [-0.2, 0) is 0 Å². The molecule has 0 amide bonds. The lowest BCUT2D eigenvalue weighted by Crippen LogP contribution is -2.41. The quantitative estimate of drug-likeness (QED) is 0.877. The van der Waals surface area contributed by atoms with Gasteiger partial charge in [-0.2, -0.15) is 13.2 Å². The summed E-state index contributed by atoms with van der Waals surface area (Å²) in [5, 5.41) is 8.88. The molecule has 1 unspecified atom stereocenters. The molecule has 2 rings (SSSR count). The summed E-state index contributed by atoms with van der Waals surface area (Å²) in [6.45, 7) is 0.451. The first-order valence-corrected chi connectivity index (χ1v) is 6.93. The molecular formula is C13H13BrF3NO2. The number of halogens is 4. The van der Waals surface area contributed by atoms with E-state index in [2.05, 4.69) is 15.9 Å². The maximum absolute atomic E-state index is 12.8. The summed E-state index contributed by atoms with van der Waals surface area (Å²) in [5.41, 5.74) is 0.703. The molecular weight excluding hydrogens is 339 g/mol. The Balaban J connectivity index is 2.21. The minimum Gasteiger partial charge on any atom is -0.478 e.